The Labute approximate surface area is 86.0 Å². The van der Waals surface area contributed by atoms with Crippen molar-refractivity contribution >= 4 is 5.91 Å². The highest BCUT2D eigenvalue weighted by molar-refractivity contribution is 5.75. The van der Waals surface area contributed by atoms with Crippen molar-refractivity contribution in [1.82, 2.24) is 5.32 Å². The van der Waals surface area contributed by atoms with Crippen LogP contribution in [-0.2, 0) is 9.53 Å². The van der Waals surface area contributed by atoms with E-state index in [0.717, 1.165) is 0 Å². The van der Waals surface area contributed by atoms with E-state index in [-0.39, 0.29) is 18.9 Å². The summed E-state index contributed by atoms with van der Waals surface area (Å²) in [5.74, 6) is -0.328. The summed E-state index contributed by atoms with van der Waals surface area (Å²) in [5, 5.41) is 2.50. The molecule has 0 aromatic carbocycles. The van der Waals surface area contributed by atoms with Gasteiger partial charge in [-0.2, -0.15) is 13.2 Å². The molecule has 0 aliphatic carbocycles. The second kappa shape index (κ2) is 7.47. The third-order valence-corrected chi connectivity index (χ3v) is 1.44. The number of rotatable bonds is 7. The molecule has 0 aliphatic heterocycles. The van der Waals surface area contributed by atoms with Gasteiger partial charge in [0.1, 0.15) is 6.61 Å². The fraction of sp³-hybridized carbons (Fsp3) is 0.875. The molecule has 0 heterocycles. The van der Waals surface area contributed by atoms with Gasteiger partial charge in [-0.05, 0) is 13.0 Å². The van der Waals surface area contributed by atoms with Crippen molar-refractivity contribution in [3.63, 3.8) is 0 Å². The Balaban J connectivity index is 3.32. The lowest BCUT2D eigenvalue weighted by Crippen LogP contribution is -2.27. The molecule has 15 heavy (non-hydrogen) atoms. The minimum atomic E-state index is -4.34. The number of nitrogens with two attached hydrogens (primary N) is 1. The third-order valence-electron chi connectivity index (χ3n) is 1.44. The third kappa shape index (κ3) is 11.1. The zero-order valence-electron chi connectivity index (χ0n) is 8.27. The molecule has 0 unspecified atom stereocenters. The molecule has 4 nitrogen and oxygen atoms in total. The van der Waals surface area contributed by atoms with Gasteiger partial charge in [-0.15, -0.1) is 0 Å². The Hall–Kier alpha value is -0.820. The zero-order chi connectivity index (χ0) is 11.7. The average Bonchev–Trinajstić information content (AvgIpc) is 2.11. The second-order valence-electron chi connectivity index (χ2n) is 2.91. The Bertz CT molecular complexity index is 185. The zero-order valence-corrected chi connectivity index (χ0v) is 8.27. The fourth-order valence-electron chi connectivity index (χ4n) is 0.771. The number of amides is 1. The van der Waals surface area contributed by atoms with Crippen molar-refractivity contribution in [2.24, 2.45) is 5.73 Å². The van der Waals surface area contributed by atoms with E-state index in [1.807, 2.05) is 0 Å². The number of alkyl halides is 3. The molecule has 0 atom stereocenters. The number of nitrogens with one attached hydrogen (secondary N) is 1. The lowest BCUT2D eigenvalue weighted by Gasteiger charge is -2.07. The minimum absolute atomic E-state index is 0.0688. The van der Waals surface area contributed by atoms with E-state index < -0.39 is 12.8 Å². The largest absolute Gasteiger partial charge is 0.411 e. The van der Waals surface area contributed by atoms with Crippen LogP contribution in [0.25, 0.3) is 0 Å². The van der Waals surface area contributed by atoms with Crippen LogP contribution in [0.4, 0.5) is 13.2 Å². The molecular weight excluding hydrogens is 213 g/mol. The molecule has 3 N–H and O–H groups in total. The average molecular weight is 228 g/mol. The van der Waals surface area contributed by atoms with Crippen LogP contribution in [0, 0.1) is 0 Å². The number of carbonyl (C=O) groups excluding carboxylic acids is 1. The smallest absolute Gasteiger partial charge is 0.372 e. The van der Waals surface area contributed by atoms with Gasteiger partial charge in [-0.1, -0.05) is 0 Å². The van der Waals surface area contributed by atoms with Crippen molar-refractivity contribution in [1.29, 1.82) is 0 Å². The first kappa shape index (κ1) is 14.2. The molecule has 1 amide bonds. The molecule has 0 aliphatic rings. The van der Waals surface area contributed by atoms with Crippen LogP contribution in [0.2, 0.25) is 0 Å². The van der Waals surface area contributed by atoms with Crippen LogP contribution < -0.4 is 11.1 Å². The number of halogens is 3. The van der Waals surface area contributed by atoms with Gasteiger partial charge in [0.25, 0.3) is 0 Å². The monoisotopic (exact) mass is 228 g/mol. The second-order valence-corrected chi connectivity index (χ2v) is 2.91. The standard InChI is InChI=1S/C8H15F3N2O2/c9-8(10,11)6-15-5-2-7(14)13-4-1-3-12/h1-6,12H2,(H,13,14). The van der Waals surface area contributed by atoms with E-state index in [9.17, 15) is 18.0 Å². The summed E-state index contributed by atoms with van der Waals surface area (Å²) in [5.41, 5.74) is 5.18. The first-order chi connectivity index (χ1) is 6.95. The van der Waals surface area contributed by atoms with Gasteiger partial charge >= 0.3 is 6.18 Å². The van der Waals surface area contributed by atoms with Crippen LogP contribution in [0.1, 0.15) is 12.8 Å². The molecule has 7 heteroatoms. The summed E-state index contributed by atoms with van der Waals surface area (Å²) in [4.78, 5) is 10.9. The molecule has 0 aromatic rings. The summed E-state index contributed by atoms with van der Waals surface area (Å²) in [7, 11) is 0. The molecule has 0 radical (unpaired) electrons. The highest BCUT2D eigenvalue weighted by Crippen LogP contribution is 2.14. The van der Waals surface area contributed by atoms with Crippen LogP contribution in [0.3, 0.4) is 0 Å². The van der Waals surface area contributed by atoms with Crippen molar-refractivity contribution in [3.8, 4) is 0 Å². The molecule has 90 valence electrons. The topological polar surface area (TPSA) is 64.3 Å². The van der Waals surface area contributed by atoms with Crippen LogP contribution in [0.5, 0.6) is 0 Å². The maximum absolute atomic E-state index is 11.6. The fourth-order valence-corrected chi connectivity index (χ4v) is 0.771. The van der Waals surface area contributed by atoms with Crippen LogP contribution in [-0.4, -0.2) is 38.4 Å². The molecule has 0 aromatic heterocycles. The summed E-state index contributed by atoms with van der Waals surface area (Å²) < 4.78 is 39.0. The van der Waals surface area contributed by atoms with Crippen molar-refractivity contribution in [3.05, 3.63) is 0 Å². The van der Waals surface area contributed by atoms with Gasteiger partial charge < -0.3 is 15.8 Å². The Morgan fingerprint density at radius 3 is 2.60 bits per heavy atom. The Morgan fingerprint density at radius 1 is 1.40 bits per heavy atom. The van der Waals surface area contributed by atoms with Gasteiger partial charge in [-0.25, -0.2) is 0 Å². The molecule has 0 saturated heterocycles. The quantitative estimate of drug-likeness (QED) is 0.621. The Morgan fingerprint density at radius 2 is 2.07 bits per heavy atom. The van der Waals surface area contributed by atoms with E-state index >= 15 is 0 Å². The lowest BCUT2D eigenvalue weighted by molar-refractivity contribution is -0.174. The van der Waals surface area contributed by atoms with Gasteiger partial charge in [0.05, 0.1) is 6.61 Å². The molecule has 0 saturated carbocycles. The number of ether oxygens (including phenoxy) is 1. The van der Waals surface area contributed by atoms with Crippen molar-refractivity contribution < 1.29 is 22.7 Å². The highest BCUT2D eigenvalue weighted by Gasteiger charge is 2.27. The van der Waals surface area contributed by atoms with Gasteiger partial charge in [-0.3, -0.25) is 4.79 Å². The van der Waals surface area contributed by atoms with Crippen LogP contribution >= 0.6 is 0 Å². The number of hydrogen-bond acceptors (Lipinski definition) is 3. The van der Waals surface area contributed by atoms with E-state index in [1.54, 1.807) is 0 Å². The molecule has 0 fully saturated rings. The highest BCUT2D eigenvalue weighted by atomic mass is 19.4. The summed E-state index contributed by atoms with van der Waals surface area (Å²) in [6.07, 6.45) is -3.76. The van der Waals surface area contributed by atoms with E-state index in [1.165, 1.54) is 0 Å². The molecule has 0 rings (SSSR count). The van der Waals surface area contributed by atoms with E-state index in [2.05, 4.69) is 10.1 Å². The first-order valence-corrected chi connectivity index (χ1v) is 4.57. The summed E-state index contributed by atoms with van der Waals surface area (Å²) in [6, 6.07) is 0. The summed E-state index contributed by atoms with van der Waals surface area (Å²) >= 11 is 0. The predicted molar refractivity (Wildman–Crippen MR) is 48.2 cm³/mol. The van der Waals surface area contributed by atoms with E-state index in [0.29, 0.717) is 19.5 Å². The minimum Gasteiger partial charge on any atom is -0.372 e. The van der Waals surface area contributed by atoms with Crippen molar-refractivity contribution in [2.45, 2.75) is 19.0 Å². The van der Waals surface area contributed by atoms with Gasteiger partial charge in [0.2, 0.25) is 5.91 Å². The van der Waals surface area contributed by atoms with Gasteiger partial charge in [0, 0.05) is 13.0 Å². The summed E-state index contributed by atoms with van der Waals surface area (Å²) in [6.45, 7) is -0.642. The first-order valence-electron chi connectivity index (χ1n) is 4.57. The lowest BCUT2D eigenvalue weighted by atomic mass is 10.4. The normalized spacial score (nSPS) is 11.5. The maximum Gasteiger partial charge on any atom is 0.411 e. The molecule has 0 bridgehead atoms. The predicted octanol–water partition coefficient (Wildman–Crippen LogP) is 0.420. The molecule has 0 spiro atoms. The SMILES string of the molecule is NCCCNC(=O)CCOCC(F)(F)F. The molecular formula is C8H15F3N2O2. The number of hydrogen-bond donors (Lipinski definition) is 2. The maximum atomic E-state index is 11.6. The number of carbonyl (C=O) groups is 1. The van der Waals surface area contributed by atoms with E-state index in [4.69, 9.17) is 5.73 Å². The Kier molecular flexibility index (Phi) is 7.06. The van der Waals surface area contributed by atoms with Gasteiger partial charge in [0.15, 0.2) is 0 Å². The van der Waals surface area contributed by atoms with Crippen LogP contribution in [0.15, 0.2) is 0 Å². The van der Waals surface area contributed by atoms with Crippen molar-refractivity contribution in [2.75, 3.05) is 26.3 Å².